The summed E-state index contributed by atoms with van der Waals surface area (Å²) in [5, 5.41) is 5.55. The number of aromatic amines is 1. The zero-order valence-electron chi connectivity index (χ0n) is 14.7. The Balaban J connectivity index is 1.76. The van der Waals surface area contributed by atoms with Gasteiger partial charge < -0.3 is 10.3 Å². The third-order valence-corrected chi connectivity index (χ3v) is 4.31. The Morgan fingerprint density at radius 2 is 1.92 bits per heavy atom. The highest BCUT2D eigenvalue weighted by molar-refractivity contribution is 6.00. The van der Waals surface area contributed by atoms with Crippen molar-refractivity contribution < 1.29 is 9.59 Å². The van der Waals surface area contributed by atoms with Crippen LogP contribution in [-0.2, 0) is 4.79 Å². The maximum Gasteiger partial charge on any atom is 0.270 e. The van der Waals surface area contributed by atoms with Crippen molar-refractivity contribution in [2.24, 2.45) is 5.92 Å². The largest absolute Gasteiger partial charge is 0.339 e. The summed E-state index contributed by atoms with van der Waals surface area (Å²) in [4.78, 5) is 36.6. The van der Waals surface area contributed by atoms with Gasteiger partial charge in [0.2, 0.25) is 11.9 Å². The summed E-state index contributed by atoms with van der Waals surface area (Å²) in [5.41, 5.74) is 1.87. The summed E-state index contributed by atoms with van der Waals surface area (Å²) in [5.74, 6) is -0.387. The van der Waals surface area contributed by atoms with Crippen LogP contribution in [0.25, 0.3) is 11.0 Å². The summed E-state index contributed by atoms with van der Waals surface area (Å²) in [6.07, 6.45) is 2.28. The van der Waals surface area contributed by atoms with Gasteiger partial charge in [-0.3, -0.25) is 19.9 Å². The molecule has 0 saturated heterocycles. The number of hydrogen-bond donors (Lipinski definition) is 3. The number of carbonyl (C=O) groups excluding carboxylic acids is 2. The lowest BCUT2D eigenvalue weighted by Gasteiger charge is -2.22. The number of imidazole rings is 1. The molecule has 0 aliphatic carbocycles. The summed E-state index contributed by atoms with van der Waals surface area (Å²) < 4.78 is 0. The number of para-hydroxylation sites is 2. The van der Waals surface area contributed by atoms with E-state index in [2.05, 4.69) is 25.6 Å². The number of nitrogens with one attached hydrogen (secondary N) is 3. The summed E-state index contributed by atoms with van der Waals surface area (Å²) in [7, 11) is 0. The molecule has 0 fully saturated rings. The van der Waals surface area contributed by atoms with Gasteiger partial charge in [-0.25, -0.2) is 4.98 Å². The van der Waals surface area contributed by atoms with Gasteiger partial charge in [0.1, 0.15) is 11.7 Å². The average Bonchev–Trinajstić information content (AvgIpc) is 3.08. The number of pyridine rings is 1. The van der Waals surface area contributed by atoms with E-state index in [1.807, 2.05) is 38.1 Å². The van der Waals surface area contributed by atoms with E-state index in [0.29, 0.717) is 5.95 Å². The fraction of sp³-hybridized carbons (Fsp3) is 0.263. The maximum atomic E-state index is 12.8. The van der Waals surface area contributed by atoms with Gasteiger partial charge in [0.05, 0.1) is 11.0 Å². The van der Waals surface area contributed by atoms with Gasteiger partial charge in [0, 0.05) is 6.20 Å². The van der Waals surface area contributed by atoms with Crippen molar-refractivity contribution in [3.8, 4) is 0 Å². The van der Waals surface area contributed by atoms with E-state index >= 15 is 0 Å². The molecule has 0 radical (unpaired) electrons. The second kappa shape index (κ2) is 7.77. The molecule has 1 aromatic carbocycles. The van der Waals surface area contributed by atoms with Crippen LogP contribution in [0, 0.1) is 5.92 Å². The maximum absolute atomic E-state index is 12.8. The Kier molecular flexibility index (Phi) is 5.26. The molecule has 0 aliphatic heterocycles. The van der Waals surface area contributed by atoms with Gasteiger partial charge in [-0.05, 0) is 30.2 Å². The number of aromatic nitrogens is 3. The number of hydrogen-bond acceptors (Lipinski definition) is 4. The van der Waals surface area contributed by atoms with Crippen LogP contribution in [0.5, 0.6) is 0 Å². The first-order valence-corrected chi connectivity index (χ1v) is 8.56. The van der Waals surface area contributed by atoms with Gasteiger partial charge >= 0.3 is 0 Å². The normalized spacial score (nSPS) is 13.2. The number of anilines is 1. The van der Waals surface area contributed by atoms with Crippen molar-refractivity contribution in [1.29, 1.82) is 0 Å². The average molecular weight is 351 g/mol. The number of carbonyl (C=O) groups is 2. The molecule has 2 atom stereocenters. The predicted molar refractivity (Wildman–Crippen MR) is 99.7 cm³/mol. The van der Waals surface area contributed by atoms with Gasteiger partial charge in [-0.2, -0.15) is 0 Å². The highest BCUT2D eigenvalue weighted by Gasteiger charge is 2.27. The SMILES string of the molecule is CC[C@H](C)[C@H](NC(=O)c1ccccn1)C(=O)Nc1nc2ccccc2[nH]1. The van der Waals surface area contributed by atoms with Crippen molar-refractivity contribution in [2.45, 2.75) is 26.3 Å². The van der Waals surface area contributed by atoms with Crippen LogP contribution in [0.1, 0.15) is 30.8 Å². The zero-order chi connectivity index (χ0) is 18.5. The van der Waals surface area contributed by atoms with E-state index < -0.39 is 6.04 Å². The van der Waals surface area contributed by atoms with E-state index in [1.165, 1.54) is 0 Å². The summed E-state index contributed by atoms with van der Waals surface area (Å²) in [6.45, 7) is 3.89. The number of rotatable bonds is 6. The minimum atomic E-state index is -0.692. The Hall–Kier alpha value is -3.22. The smallest absolute Gasteiger partial charge is 0.270 e. The molecule has 2 aromatic heterocycles. The Morgan fingerprint density at radius 3 is 2.62 bits per heavy atom. The van der Waals surface area contributed by atoms with Crippen molar-refractivity contribution in [1.82, 2.24) is 20.3 Å². The highest BCUT2D eigenvalue weighted by atomic mass is 16.2. The fourth-order valence-electron chi connectivity index (χ4n) is 2.62. The topological polar surface area (TPSA) is 99.8 Å². The zero-order valence-corrected chi connectivity index (χ0v) is 14.7. The summed E-state index contributed by atoms with van der Waals surface area (Å²) in [6, 6.07) is 11.9. The van der Waals surface area contributed by atoms with Crippen molar-refractivity contribution in [3.63, 3.8) is 0 Å². The highest BCUT2D eigenvalue weighted by Crippen LogP contribution is 2.15. The first-order chi connectivity index (χ1) is 12.6. The molecule has 0 saturated carbocycles. The molecule has 0 spiro atoms. The molecule has 3 N–H and O–H groups in total. The second-order valence-corrected chi connectivity index (χ2v) is 6.14. The standard InChI is InChI=1S/C19H21N5O2/c1-3-12(2)16(23-17(25)15-10-6-7-11-20-15)18(26)24-19-21-13-8-4-5-9-14(13)22-19/h4-12,16H,3H2,1-2H3,(H,23,25)(H2,21,22,24,26)/t12-,16-/m0/s1. The number of H-pyrrole nitrogens is 1. The number of fused-ring (bicyclic) bond motifs is 1. The van der Waals surface area contributed by atoms with E-state index in [9.17, 15) is 9.59 Å². The Morgan fingerprint density at radius 1 is 1.15 bits per heavy atom. The lowest BCUT2D eigenvalue weighted by molar-refractivity contribution is -0.119. The number of nitrogens with zero attached hydrogens (tertiary/aromatic N) is 2. The van der Waals surface area contributed by atoms with E-state index in [4.69, 9.17) is 0 Å². The first-order valence-electron chi connectivity index (χ1n) is 8.56. The fourth-order valence-corrected chi connectivity index (χ4v) is 2.62. The van der Waals surface area contributed by atoms with Crippen LogP contribution in [0.4, 0.5) is 5.95 Å². The van der Waals surface area contributed by atoms with Crippen molar-refractivity contribution in [2.75, 3.05) is 5.32 Å². The van der Waals surface area contributed by atoms with Crippen LogP contribution < -0.4 is 10.6 Å². The molecular weight excluding hydrogens is 330 g/mol. The monoisotopic (exact) mass is 351 g/mol. The molecule has 26 heavy (non-hydrogen) atoms. The van der Waals surface area contributed by atoms with Gasteiger partial charge in [-0.1, -0.05) is 38.5 Å². The van der Waals surface area contributed by atoms with Gasteiger partial charge in [0.25, 0.3) is 5.91 Å². The molecule has 0 unspecified atom stereocenters. The molecule has 0 aliphatic rings. The van der Waals surface area contributed by atoms with Crippen LogP contribution in [0.2, 0.25) is 0 Å². The minimum absolute atomic E-state index is 0.0490. The molecule has 0 bridgehead atoms. The molecule has 7 nitrogen and oxygen atoms in total. The summed E-state index contributed by atoms with van der Waals surface area (Å²) >= 11 is 0. The third kappa shape index (κ3) is 3.88. The molecule has 3 rings (SSSR count). The molecule has 2 amide bonds. The van der Waals surface area contributed by atoms with Gasteiger partial charge in [-0.15, -0.1) is 0 Å². The Labute approximate surface area is 151 Å². The van der Waals surface area contributed by atoms with E-state index in [1.54, 1.807) is 24.4 Å². The number of benzene rings is 1. The predicted octanol–water partition coefficient (Wildman–Crippen LogP) is 2.74. The van der Waals surface area contributed by atoms with E-state index in [0.717, 1.165) is 17.5 Å². The van der Waals surface area contributed by atoms with Crippen LogP contribution in [0.15, 0.2) is 48.7 Å². The lowest BCUT2D eigenvalue weighted by atomic mass is 9.98. The van der Waals surface area contributed by atoms with Crippen molar-refractivity contribution >= 4 is 28.8 Å². The quantitative estimate of drug-likeness (QED) is 0.636. The molecule has 3 aromatic rings. The molecular formula is C19H21N5O2. The van der Waals surface area contributed by atoms with Crippen molar-refractivity contribution in [3.05, 3.63) is 54.4 Å². The van der Waals surface area contributed by atoms with Crippen LogP contribution in [0.3, 0.4) is 0 Å². The second-order valence-electron chi connectivity index (χ2n) is 6.14. The van der Waals surface area contributed by atoms with E-state index in [-0.39, 0.29) is 23.4 Å². The third-order valence-electron chi connectivity index (χ3n) is 4.31. The molecule has 2 heterocycles. The van der Waals surface area contributed by atoms with Gasteiger partial charge in [0.15, 0.2) is 0 Å². The van der Waals surface area contributed by atoms with Crippen LogP contribution >= 0.6 is 0 Å². The molecule has 134 valence electrons. The molecule has 7 heteroatoms. The first kappa shape index (κ1) is 17.6. The van der Waals surface area contributed by atoms with Crippen LogP contribution in [-0.4, -0.2) is 32.8 Å². The lowest BCUT2D eigenvalue weighted by Crippen LogP contribution is -2.48. The minimum Gasteiger partial charge on any atom is -0.339 e. The number of amides is 2. The Bertz CT molecular complexity index is 873.